The first-order valence-electron chi connectivity index (χ1n) is 3.74. The van der Waals surface area contributed by atoms with Gasteiger partial charge in [0.25, 0.3) is 0 Å². The van der Waals surface area contributed by atoms with Crippen molar-refractivity contribution in [2.75, 3.05) is 13.2 Å². The van der Waals surface area contributed by atoms with Crippen LogP contribution in [0.15, 0.2) is 0 Å². The lowest BCUT2D eigenvalue weighted by Gasteiger charge is -2.19. The van der Waals surface area contributed by atoms with Crippen LogP contribution in [0.2, 0.25) is 0 Å². The molecule has 1 unspecified atom stereocenters. The molecule has 0 saturated heterocycles. The molecule has 11 heavy (non-hydrogen) atoms. The van der Waals surface area contributed by atoms with E-state index < -0.39 is 9.03 Å². The molecule has 0 radical (unpaired) electrons. The van der Waals surface area contributed by atoms with Gasteiger partial charge in [0.15, 0.2) is 9.03 Å². The summed E-state index contributed by atoms with van der Waals surface area (Å²) in [5.74, 6) is 0. The monoisotopic (exact) mass is 182 g/mol. The van der Waals surface area contributed by atoms with E-state index in [-0.39, 0.29) is 12.0 Å². The Bertz CT molecular complexity index is 76.1. The molecule has 0 spiro atoms. The Morgan fingerprint density at radius 3 is 2.09 bits per heavy atom. The first-order valence-corrected chi connectivity index (χ1v) is 4.60. The van der Waals surface area contributed by atoms with Crippen molar-refractivity contribution < 1.29 is 14.5 Å². The van der Waals surface area contributed by atoms with E-state index in [4.69, 9.17) is 14.5 Å². The second-order valence-electron chi connectivity index (χ2n) is 2.70. The van der Waals surface area contributed by atoms with Gasteiger partial charge in [0.1, 0.15) is 0 Å². The summed E-state index contributed by atoms with van der Waals surface area (Å²) in [6.45, 7) is 8.22. The summed E-state index contributed by atoms with van der Waals surface area (Å²) in [4.78, 5) is 8.25. The standard InChI is InChI=1S/C5H13O3P.C2H6/c1-5(2,3-6)4-8-9-7;1-2/h6-7,9H,3-4H2,1-2H3;1-2H3. The fourth-order valence-electron chi connectivity index (χ4n) is 0.273. The summed E-state index contributed by atoms with van der Waals surface area (Å²) in [6, 6.07) is 0. The summed E-state index contributed by atoms with van der Waals surface area (Å²) in [5, 5.41) is 8.66. The second-order valence-corrected chi connectivity index (χ2v) is 3.17. The van der Waals surface area contributed by atoms with Gasteiger partial charge in [0.2, 0.25) is 0 Å². The predicted octanol–water partition coefficient (Wildman–Crippen LogP) is 1.55. The summed E-state index contributed by atoms with van der Waals surface area (Å²) in [7, 11) is -0.477. The maximum Gasteiger partial charge on any atom is 0.152 e. The van der Waals surface area contributed by atoms with Crippen molar-refractivity contribution in [3.63, 3.8) is 0 Å². The van der Waals surface area contributed by atoms with Crippen molar-refractivity contribution >= 4 is 9.03 Å². The smallest absolute Gasteiger partial charge is 0.152 e. The van der Waals surface area contributed by atoms with Gasteiger partial charge in [-0.15, -0.1) is 0 Å². The van der Waals surface area contributed by atoms with Crippen LogP contribution in [-0.4, -0.2) is 23.2 Å². The molecule has 0 aliphatic rings. The van der Waals surface area contributed by atoms with Crippen molar-refractivity contribution in [1.29, 1.82) is 0 Å². The Morgan fingerprint density at radius 2 is 1.82 bits per heavy atom. The number of hydrogen-bond donors (Lipinski definition) is 2. The van der Waals surface area contributed by atoms with E-state index in [1.807, 2.05) is 27.7 Å². The van der Waals surface area contributed by atoms with Crippen LogP contribution in [0, 0.1) is 5.41 Å². The minimum absolute atomic E-state index is 0.0808. The highest BCUT2D eigenvalue weighted by molar-refractivity contribution is 7.24. The maximum absolute atomic E-state index is 8.66. The molecule has 0 aromatic carbocycles. The fraction of sp³-hybridized carbons (Fsp3) is 1.00. The lowest BCUT2D eigenvalue weighted by molar-refractivity contribution is 0.101. The molecule has 0 aliphatic carbocycles. The lowest BCUT2D eigenvalue weighted by Crippen LogP contribution is -2.21. The molecular formula is C7H19O3P. The Morgan fingerprint density at radius 1 is 1.36 bits per heavy atom. The van der Waals surface area contributed by atoms with Crippen molar-refractivity contribution in [1.82, 2.24) is 0 Å². The highest BCUT2D eigenvalue weighted by atomic mass is 31.1. The largest absolute Gasteiger partial charge is 0.396 e. The zero-order chi connectivity index (χ0) is 9.33. The molecule has 0 heterocycles. The van der Waals surface area contributed by atoms with Gasteiger partial charge in [-0.25, -0.2) is 0 Å². The Kier molecular flexibility index (Phi) is 10.6. The van der Waals surface area contributed by atoms with Gasteiger partial charge in [-0.3, -0.25) is 0 Å². The SMILES string of the molecule is CC.CC(C)(CO)COPO. The van der Waals surface area contributed by atoms with Gasteiger partial charge >= 0.3 is 0 Å². The molecule has 1 atom stereocenters. The highest BCUT2D eigenvalue weighted by Crippen LogP contribution is 2.17. The van der Waals surface area contributed by atoms with Gasteiger partial charge in [-0.1, -0.05) is 27.7 Å². The first-order chi connectivity index (χ1) is 5.12. The van der Waals surface area contributed by atoms with Gasteiger partial charge in [-0.05, 0) is 0 Å². The Labute approximate surface area is 70.7 Å². The Balaban J connectivity index is 0. The van der Waals surface area contributed by atoms with Gasteiger partial charge in [-0.2, -0.15) is 0 Å². The average Bonchev–Trinajstić information content (AvgIpc) is 2.05. The van der Waals surface area contributed by atoms with Gasteiger partial charge < -0.3 is 14.5 Å². The minimum Gasteiger partial charge on any atom is -0.396 e. The highest BCUT2D eigenvalue weighted by Gasteiger charge is 2.15. The molecule has 3 nitrogen and oxygen atoms in total. The molecular weight excluding hydrogens is 163 g/mol. The molecule has 0 rings (SSSR count). The number of aliphatic hydroxyl groups excluding tert-OH is 1. The molecule has 0 bridgehead atoms. The maximum atomic E-state index is 8.66. The molecule has 0 fully saturated rings. The van der Waals surface area contributed by atoms with E-state index in [9.17, 15) is 0 Å². The summed E-state index contributed by atoms with van der Waals surface area (Å²) in [5.41, 5.74) is -0.226. The molecule has 0 aliphatic heterocycles. The van der Waals surface area contributed by atoms with E-state index in [1.165, 1.54) is 0 Å². The van der Waals surface area contributed by atoms with E-state index in [0.29, 0.717) is 6.61 Å². The second kappa shape index (κ2) is 8.41. The van der Waals surface area contributed by atoms with E-state index in [0.717, 1.165) is 0 Å². The Hall–Kier alpha value is 0.310. The van der Waals surface area contributed by atoms with Crippen LogP contribution in [0.4, 0.5) is 0 Å². The van der Waals surface area contributed by atoms with Crippen molar-refractivity contribution in [3.8, 4) is 0 Å². The summed E-state index contributed by atoms with van der Waals surface area (Å²) in [6.07, 6.45) is 0. The number of rotatable bonds is 4. The summed E-state index contributed by atoms with van der Waals surface area (Å²) >= 11 is 0. The zero-order valence-corrected chi connectivity index (χ0v) is 8.72. The van der Waals surface area contributed by atoms with Crippen molar-refractivity contribution in [2.24, 2.45) is 5.41 Å². The van der Waals surface area contributed by atoms with Crippen LogP contribution < -0.4 is 0 Å². The van der Waals surface area contributed by atoms with Crippen molar-refractivity contribution in [3.05, 3.63) is 0 Å². The zero-order valence-electron chi connectivity index (χ0n) is 7.72. The van der Waals surface area contributed by atoms with Crippen LogP contribution in [0.25, 0.3) is 0 Å². The van der Waals surface area contributed by atoms with E-state index in [1.54, 1.807) is 0 Å². The van der Waals surface area contributed by atoms with E-state index in [2.05, 4.69) is 0 Å². The molecule has 2 N–H and O–H groups in total. The van der Waals surface area contributed by atoms with Crippen LogP contribution in [0.5, 0.6) is 0 Å². The quantitative estimate of drug-likeness (QED) is 0.648. The molecule has 0 aromatic rings. The lowest BCUT2D eigenvalue weighted by atomic mass is 9.97. The summed E-state index contributed by atoms with van der Waals surface area (Å²) < 4.78 is 4.71. The third-order valence-corrected chi connectivity index (χ3v) is 1.23. The van der Waals surface area contributed by atoms with Crippen LogP contribution >= 0.6 is 9.03 Å². The average molecular weight is 182 g/mol. The number of hydrogen-bond acceptors (Lipinski definition) is 3. The third kappa shape index (κ3) is 10.3. The molecule has 0 aromatic heterocycles. The first kappa shape index (κ1) is 13.9. The molecule has 0 saturated carbocycles. The van der Waals surface area contributed by atoms with E-state index >= 15 is 0 Å². The topological polar surface area (TPSA) is 49.7 Å². The van der Waals surface area contributed by atoms with Gasteiger partial charge in [0, 0.05) is 5.41 Å². The third-order valence-electron chi connectivity index (χ3n) is 0.955. The molecule has 0 amide bonds. The molecule has 70 valence electrons. The van der Waals surface area contributed by atoms with Crippen molar-refractivity contribution in [2.45, 2.75) is 27.7 Å². The van der Waals surface area contributed by atoms with Crippen LogP contribution in [0.1, 0.15) is 27.7 Å². The van der Waals surface area contributed by atoms with Gasteiger partial charge in [0.05, 0.1) is 13.2 Å². The van der Waals surface area contributed by atoms with Crippen LogP contribution in [-0.2, 0) is 4.52 Å². The molecule has 4 heteroatoms. The van der Waals surface area contributed by atoms with Crippen LogP contribution in [0.3, 0.4) is 0 Å². The normalized spacial score (nSPS) is 11.5. The predicted molar refractivity (Wildman–Crippen MR) is 48.7 cm³/mol. The minimum atomic E-state index is -0.477. The fourth-order valence-corrected chi connectivity index (χ4v) is 0.729. The number of aliphatic hydroxyl groups is 1.